The minimum absolute atomic E-state index is 0.00459. The van der Waals surface area contributed by atoms with Crippen molar-refractivity contribution in [1.82, 2.24) is 27.4 Å². The second-order valence-corrected chi connectivity index (χ2v) is 27.6. The molecule has 6 heterocycles. The number of aryl methyl sites for hydroxylation is 3. The van der Waals surface area contributed by atoms with Crippen molar-refractivity contribution in [3.8, 4) is 48.6 Å². The van der Waals surface area contributed by atoms with Gasteiger partial charge in [0, 0.05) is 87.5 Å². The zero-order valence-corrected chi connectivity index (χ0v) is 59.8. The number of rotatable bonds is 24. The number of halogens is 9. The Hall–Kier alpha value is -8.43. The minimum Gasteiger partial charge on any atom is -0.406 e. The first-order valence-corrected chi connectivity index (χ1v) is 34.4. The molecule has 101 heavy (non-hydrogen) atoms. The highest BCUT2D eigenvalue weighted by atomic mass is 32.1. The first kappa shape index (κ1) is 81.5. The SMILES string of the molecule is CC(C)CC(=O)c1c(-c2cccc(OC(F)(F)F)c2)sc2c1c(=O)n(CCCO)c(=O)n2C.CCCCn1c(=O)c2c(C(=O)CC(C)C)c(-c3cccc(OC(F)(F)F)c3)sc2n(C)c1=O.CCCCn1c(=O)c2c(C(O)CC(C)C)c(-c3cccc(OC(F)(F)F)c3)sc2n(C)c1=O.CO. The van der Waals surface area contributed by atoms with E-state index < -0.39 is 76.2 Å². The molecule has 0 saturated heterocycles. The second-order valence-electron chi connectivity index (χ2n) is 24.6. The van der Waals surface area contributed by atoms with Gasteiger partial charge in [-0.25, -0.2) is 14.4 Å². The van der Waals surface area contributed by atoms with Crippen LogP contribution in [0.2, 0.25) is 0 Å². The Balaban J connectivity index is 0.000000235. The highest BCUT2D eigenvalue weighted by Gasteiger charge is 2.36. The van der Waals surface area contributed by atoms with Gasteiger partial charge in [0.05, 0.1) is 33.4 Å². The molecule has 32 heteroatoms. The molecule has 0 fully saturated rings. The maximum atomic E-state index is 13.4. The van der Waals surface area contributed by atoms with Crippen LogP contribution >= 0.6 is 34.0 Å². The van der Waals surface area contributed by atoms with Gasteiger partial charge in [-0.2, -0.15) is 0 Å². The summed E-state index contributed by atoms with van der Waals surface area (Å²) in [7, 11) is 5.53. The highest BCUT2D eigenvalue weighted by Crippen LogP contribution is 2.45. The van der Waals surface area contributed by atoms with Crippen molar-refractivity contribution in [2.24, 2.45) is 38.9 Å². The van der Waals surface area contributed by atoms with E-state index in [1.165, 1.54) is 70.3 Å². The van der Waals surface area contributed by atoms with Crippen LogP contribution in [0.1, 0.15) is 139 Å². The fourth-order valence-corrected chi connectivity index (χ4v) is 14.8. The quantitative estimate of drug-likeness (QED) is 0.0376. The van der Waals surface area contributed by atoms with E-state index >= 15 is 0 Å². The van der Waals surface area contributed by atoms with Gasteiger partial charge in [0.1, 0.15) is 31.7 Å². The molecule has 0 amide bonds. The van der Waals surface area contributed by atoms with Crippen molar-refractivity contribution in [2.75, 3.05) is 13.7 Å². The number of benzene rings is 3. The third-order valence-corrected chi connectivity index (χ3v) is 19.3. The number of thiophene rings is 3. The van der Waals surface area contributed by atoms with Crippen molar-refractivity contribution >= 4 is 76.2 Å². The molecule has 0 bridgehead atoms. The summed E-state index contributed by atoms with van der Waals surface area (Å²) in [6, 6.07) is 15.8. The standard InChI is InChI=1S/C23H27F3N2O4S.C23H25F3N2O4S.C22H23F3N2O5S.CH4O/c2*1-5-6-10-28-20(30)18-17(16(29)11-13(2)3)19(33-21(18)27(4)22(28)31)14-8-7-9-15(12-14)32-23(24,25)26;1-12(2)10-15(29)16-17-19(30)27(8-5-9-28)21(31)26(3)20(17)33-18(16)13-6-4-7-14(11-13)32-22(23,24)25;1-2/h7-9,12-13,16,29H,5-6,10-11H2,1-4H3;7-9,12-13H,5-6,10-11H2,1-4H3;4,6-7,11-12,28H,5,8-10H2,1-3H3;2H,1H3. The van der Waals surface area contributed by atoms with Crippen LogP contribution in [-0.4, -0.2) is 87.1 Å². The summed E-state index contributed by atoms with van der Waals surface area (Å²) < 4.78 is 134. The molecule has 0 radical (unpaired) electrons. The molecular weight excluding hydrogens is 1400 g/mol. The number of aliphatic hydroxyl groups excluding tert-OH is 3. The van der Waals surface area contributed by atoms with Crippen LogP contribution in [0.3, 0.4) is 0 Å². The van der Waals surface area contributed by atoms with Gasteiger partial charge >= 0.3 is 36.2 Å². The van der Waals surface area contributed by atoms with Crippen molar-refractivity contribution < 1.29 is 78.6 Å². The van der Waals surface area contributed by atoms with Gasteiger partial charge < -0.3 is 29.5 Å². The van der Waals surface area contributed by atoms with Gasteiger partial charge in [-0.3, -0.25) is 51.4 Å². The topological polar surface area (TPSA) is 255 Å². The smallest absolute Gasteiger partial charge is 0.406 e. The van der Waals surface area contributed by atoms with Crippen LogP contribution in [-0.2, 0) is 40.8 Å². The summed E-state index contributed by atoms with van der Waals surface area (Å²) in [5, 5.41) is 27.6. The minimum atomic E-state index is -4.89. The molecule has 6 aromatic heterocycles. The fourth-order valence-electron chi connectivity index (χ4n) is 11.0. The predicted molar refractivity (Wildman–Crippen MR) is 372 cm³/mol. The van der Waals surface area contributed by atoms with E-state index in [1.807, 2.05) is 55.4 Å². The van der Waals surface area contributed by atoms with Crippen LogP contribution in [0, 0.1) is 17.8 Å². The van der Waals surface area contributed by atoms with Gasteiger partial charge in [-0.15, -0.1) is 73.5 Å². The number of aliphatic hydroxyl groups is 3. The van der Waals surface area contributed by atoms with Crippen LogP contribution < -0.4 is 48.0 Å². The normalized spacial score (nSPS) is 12.2. The van der Waals surface area contributed by atoms with Crippen molar-refractivity contribution in [1.29, 1.82) is 0 Å². The van der Waals surface area contributed by atoms with E-state index in [9.17, 15) is 83.0 Å². The number of aromatic nitrogens is 6. The molecule has 1 atom stereocenters. The number of fused-ring (bicyclic) bond motifs is 3. The van der Waals surface area contributed by atoms with Crippen molar-refractivity contribution in [3.05, 3.63) is 152 Å². The molecule has 3 N–H and O–H groups in total. The fraction of sp³-hybridized carbons (Fsp3) is 0.449. The van der Waals surface area contributed by atoms with Gasteiger partial charge in [0.15, 0.2) is 11.6 Å². The van der Waals surface area contributed by atoms with Gasteiger partial charge in [-0.1, -0.05) is 105 Å². The average Bonchev–Trinajstić information content (AvgIpc) is 1.62. The predicted octanol–water partition coefficient (Wildman–Crippen LogP) is 14.1. The summed E-state index contributed by atoms with van der Waals surface area (Å²) in [5.41, 5.74) is -1.81. The first-order chi connectivity index (χ1) is 47.3. The number of alkyl halides is 9. The molecule has 0 aliphatic carbocycles. The average molecular weight is 1480 g/mol. The van der Waals surface area contributed by atoms with Crippen LogP contribution in [0.4, 0.5) is 39.5 Å². The highest BCUT2D eigenvalue weighted by molar-refractivity contribution is 7.23. The van der Waals surface area contributed by atoms with Crippen LogP contribution in [0.25, 0.3) is 62.0 Å². The zero-order chi connectivity index (χ0) is 75.5. The summed E-state index contributed by atoms with van der Waals surface area (Å²) in [6.45, 7) is 15.3. The number of unbranched alkanes of at least 4 members (excludes halogenated alkanes) is 2. The Morgan fingerprint density at radius 1 is 0.475 bits per heavy atom. The molecule has 0 aliphatic heterocycles. The molecule has 1 unspecified atom stereocenters. The summed E-state index contributed by atoms with van der Waals surface area (Å²) >= 11 is 3.13. The molecule has 9 rings (SSSR count). The summed E-state index contributed by atoms with van der Waals surface area (Å²) in [6.07, 6.45) is -12.1. The van der Waals surface area contributed by atoms with E-state index in [1.54, 1.807) is 19.2 Å². The molecule has 20 nitrogen and oxygen atoms in total. The first-order valence-electron chi connectivity index (χ1n) is 32.0. The lowest BCUT2D eigenvalue weighted by molar-refractivity contribution is -0.275. The Kier molecular flexibility index (Phi) is 27.8. The maximum absolute atomic E-state index is 13.4. The molecule has 0 saturated carbocycles. The number of Topliss-reactive ketones (excluding diaryl/α,β-unsaturated/α-hetero) is 2. The lowest BCUT2D eigenvalue weighted by atomic mass is 9.96. The van der Waals surface area contributed by atoms with E-state index in [2.05, 4.69) is 14.2 Å². The summed E-state index contributed by atoms with van der Waals surface area (Å²) in [5.74, 6) is -1.90. The Morgan fingerprint density at radius 3 is 1.09 bits per heavy atom. The lowest BCUT2D eigenvalue weighted by Gasteiger charge is -2.16. The molecule has 3 aromatic carbocycles. The Bertz CT molecular complexity index is 4610. The molecule has 0 aliphatic rings. The lowest BCUT2D eigenvalue weighted by Crippen LogP contribution is -2.39. The Labute approximate surface area is 584 Å². The molecule has 0 spiro atoms. The zero-order valence-electron chi connectivity index (χ0n) is 57.4. The number of hydrogen-bond acceptors (Lipinski definition) is 17. The van der Waals surface area contributed by atoms with Gasteiger partial charge in [0.2, 0.25) is 0 Å². The van der Waals surface area contributed by atoms with Gasteiger partial charge in [0.25, 0.3) is 16.7 Å². The third-order valence-electron chi connectivity index (χ3n) is 15.3. The largest absolute Gasteiger partial charge is 0.573 e. The molecule has 550 valence electrons. The van der Waals surface area contributed by atoms with Crippen LogP contribution in [0.15, 0.2) is 102 Å². The molecular formula is C69H79F9N6O14S3. The van der Waals surface area contributed by atoms with Crippen LogP contribution in [0.5, 0.6) is 17.2 Å². The number of hydrogen-bond donors (Lipinski definition) is 3. The van der Waals surface area contributed by atoms with Crippen molar-refractivity contribution in [2.45, 2.75) is 152 Å². The summed E-state index contributed by atoms with van der Waals surface area (Å²) in [4.78, 5) is 107. The monoisotopic (exact) mass is 1480 g/mol. The Morgan fingerprint density at radius 2 is 0.782 bits per heavy atom. The van der Waals surface area contributed by atoms with E-state index in [4.69, 9.17) is 10.2 Å². The van der Waals surface area contributed by atoms with Gasteiger partial charge in [-0.05, 0) is 96.5 Å². The maximum Gasteiger partial charge on any atom is 0.573 e. The van der Waals surface area contributed by atoms with E-state index in [0.29, 0.717) is 55.4 Å². The van der Waals surface area contributed by atoms with E-state index in [0.717, 1.165) is 85.9 Å². The number of carbonyl (C=O) groups is 2. The second kappa shape index (κ2) is 34.5. The number of nitrogens with zero attached hydrogens (tertiary/aromatic N) is 6. The number of carbonyl (C=O) groups excluding carboxylic acids is 2. The third kappa shape index (κ3) is 19.8. The van der Waals surface area contributed by atoms with Crippen molar-refractivity contribution in [3.63, 3.8) is 0 Å². The number of ketones is 2. The number of ether oxygens (including phenoxy) is 3. The van der Waals surface area contributed by atoms with E-state index in [-0.39, 0.29) is 117 Å². The molecule has 9 aromatic rings.